The van der Waals surface area contributed by atoms with Crippen molar-refractivity contribution in [2.24, 2.45) is 11.8 Å². The van der Waals surface area contributed by atoms with E-state index in [9.17, 15) is 8.42 Å². The summed E-state index contributed by atoms with van der Waals surface area (Å²) in [6.07, 6.45) is 4.59. The average Bonchev–Trinajstić information content (AvgIpc) is 2.94. The molecule has 1 N–H and O–H groups in total. The number of fused-ring (bicyclic) bond motifs is 2. The number of rotatable bonds is 4. The Bertz CT molecular complexity index is 852. The van der Waals surface area contributed by atoms with E-state index in [2.05, 4.69) is 20.2 Å². The van der Waals surface area contributed by atoms with Crippen LogP contribution in [0.3, 0.4) is 0 Å². The van der Waals surface area contributed by atoms with E-state index in [-0.39, 0.29) is 22.8 Å². The van der Waals surface area contributed by atoms with Crippen molar-refractivity contribution in [3.8, 4) is 5.88 Å². The van der Waals surface area contributed by atoms with E-state index in [1.165, 1.54) is 4.31 Å². The molecule has 140 valence electrons. The quantitative estimate of drug-likeness (QED) is 0.825. The fourth-order valence-corrected chi connectivity index (χ4v) is 5.67. The lowest BCUT2D eigenvalue weighted by Gasteiger charge is -2.45. The van der Waals surface area contributed by atoms with Crippen LogP contribution in [0.15, 0.2) is 23.5 Å². The van der Waals surface area contributed by atoms with Crippen LogP contribution in [0, 0.1) is 25.7 Å². The SMILES string of the molecule is Cc1n[nH]c(C)c1S(=O)(=O)N1C[C@H]2COC[C@@H](C1)[C@H]2Oc1cnccn1. The Morgan fingerprint density at radius 3 is 2.54 bits per heavy atom. The summed E-state index contributed by atoms with van der Waals surface area (Å²) in [4.78, 5) is 8.45. The fourth-order valence-electron chi connectivity index (χ4n) is 3.78. The van der Waals surface area contributed by atoms with Gasteiger partial charge in [0.05, 0.1) is 30.8 Å². The minimum Gasteiger partial charge on any atom is -0.472 e. The molecule has 2 bridgehead atoms. The first-order valence-electron chi connectivity index (χ1n) is 8.49. The summed E-state index contributed by atoms with van der Waals surface area (Å²) >= 11 is 0. The molecule has 26 heavy (non-hydrogen) atoms. The van der Waals surface area contributed by atoms with Crippen molar-refractivity contribution in [3.63, 3.8) is 0 Å². The molecule has 9 nitrogen and oxygen atoms in total. The molecular weight excluding hydrogens is 358 g/mol. The number of hydrogen-bond donors (Lipinski definition) is 1. The fraction of sp³-hybridized carbons (Fsp3) is 0.562. The van der Waals surface area contributed by atoms with Gasteiger partial charge in [-0.25, -0.2) is 13.4 Å². The van der Waals surface area contributed by atoms with Gasteiger partial charge in [0.25, 0.3) is 0 Å². The normalized spacial score (nSPS) is 26.6. The highest BCUT2D eigenvalue weighted by Crippen LogP contribution is 2.34. The van der Waals surface area contributed by atoms with Gasteiger partial charge < -0.3 is 9.47 Å². The molecule has 2 aliphatic rings. The van der Waals surface area contributed by atoms with Crippen LogP contribution in [0.2, 0.25) is 0 Å². The molecule has 2 aliphatic heterocycles. The van der Waals surface area contributed by atoms with Gasteiger partial charge >= 0.3 is 0 Å². The first-order chi connectivity index (χ1) is 12.5. The van der Waals surface area contributed by atoms with Crippen molar-refractivity contribution in [1.29, 1.82) is 0 Å². The maximum Gasteiger partial charge on any atom is 0.246 e. The molecule has 0 unspecified atom stereocenters. The first kappa shape index (κ1) is 17.4. The van der Waals surface area contributed by atoms with E-state index in [1.807, 2.05) is 0 Å². The molecule has 0 amide bonds. The molecule has 2 saturated heterocycles. The number of aryl methyl sites for hydroxylation is 2. The van der Waals surface area contributed by atoms with E-state index in [0.717, 1.165) is 0 Å². The van der Waals surface area contributed by atoms with E-state index < -0.39 is 10.0 Å². The topological polar surface area (TPSA) is 110 Å². The standard InChI is InChI=1S/C16H21N5O4S/c1-10-16(11(2)20-19-10)26(22,23)21-6-12-8-24-9-13(7-21)15(12)25-14-5-17-3-4-18-14/h3-5,12-13,15H,6-9H2,1-2H3,(H,19,20)/t12-,13+,15-. The Morgan fingerprint density at radius 1 is 1.23 bits per heavy atom. The van der Waals surface area contributed by atoms with Gasteiger partial charge in [0.15, 0.2) is 0 Å². The number of H-pyrrole nitrogens is 1. The second-order valence-electron chi connectivity index (χ2n) is 6.77. The molecule has 0 radical (unpaired) electrons. The van der Waals surface area contributed by atoms with E-state index in [4.69, 9.17) is 9.47 Å². The smallest absolute Gasteiger partial charge is 0.246 e. The van der Waals surface area contributed by atoms with Gasteiger partial charge in [-0.2, -0.15) is 9.40 Å². The zero-order chi connectivity index (χ0) is 18.3. The number of sulfonamides is 1. The summed E-state index contributed by atoms with van der Waals surface area (Å²) in [5, 5.41) is 6.78. The van der Waals surface area contributed by atoms with Crippen molar-refractivity contribution in [2.45, 2.75) is 24.8 Å². The minimum absolute atomic E-state index is 0.0632. The van der Waals surface area contributed by atoms with Crippen LogP contribution < -0.4 is 4.74 Å². The maximum atomic E-state index is 13.1. The molecule has 0 aromatic carbocycles. The van der Waals surface area contributed by atoms with Gasteiger partial charge in [0.1, 0.15) is 11.0 Å². The Kier molecular flexibility index (Phi) is 4.41. The van der Waals surface area contributed by atoms with Crippen molar-refractivity contribution in [1.82, 2.24) is 24.5 Å². The van der Waals surface area contributed by atoms with Crippen LogP contribution in [0.1, 0.15) is 11.4 Å². The number of nitrogens with zero attached hydrogens (tertiary/aromatic N) is 4. The highest BCUT2D eigenvalue weighted by atomic mass is 32.2. The predicted molar refractivity (Wildman–Crippen MR) is 91.1 cm³/mol. The molecular formula is C16H21N5O4S. The Labute approximate surface area is 151 Å². The van der Waals surface area contributed by atoms with Crippen LogP contribution in [0.4, 0.5) is 0 Å². The lowest BCUT2D eigenvalue weighted by atomic mass is 9.86. The zero-order valence-electron chi connectivity index (χ0n) is 14.6. The van der Waals surface area contributed by atoms with Crippen molar-refractivity contribution in [3.05, 3.63) is 30.0 Å². The van der Waals surface area contributed by atoms with Crippen LogP contribution in [-0.2, 0) is 14.8 Å². The molecule has 2 aromatic heterocycles. The largest absolute Gasteiger partial charge is 0.472 e. The number of nitrogens with one attached hydrogen (secondary N) is 1. The van der Waals surface area contributed by atoms with Crippen molar-refractivity contribution >= 4 is 10.0 Å². The molecule has 2 aromatic rings. The van der Waals surface area contributed by atoms with E-state index >= 15 is 0 Å². The molecule has 0 spiro atoms. The summed E-state index contributed by atoms with van der Waals surface area (Å²) in [6.45, 7) is 5.01. The highest BCUT2D eigenvalue weighted by Gasteiger charge is 2.46. The van der Waals surface area contributed by atoms with Crippen molar-refractivity contribution < 1.29 is 17.9 Å². The number of ether oxygens (including phenoxy) is 2. The number of aromatic amines is 1. The highest BCUT2D eigenvalue weighted by molar-refractivity contribution is 7.89. The van der Waals surface area contributed by atoms with Gasteiger partial charge in [-0.15, -0.1) is 0 Å². The molecule has 0 saturated carbocycles. The van der Waals surface area contributed by atoms with Gasteiger partial charge in [-0.1, -0.05) is 0 Å². The lowest BCUT2D eigenvalue weighted by molar-refractivity contribution is -0.0996. The maximum absolute atomic E-state index is 13.1. The van der Waals surface area contributed by atoms with Crippen LogP contribution in [0.25, 0.3) is 0 Å². The molecule has 2 fully saturated rings. The monoisotopic (exact) mass is 379 g/mol. The van der Waals surface area contributed by atoms with E-state index in [1.54, 1.807) is 32.4 Å². The summed E-state index contributed by atoms with van der Waals surface area (Å²) in [6, 6.07) is 0. The number of hydrogen-bond acceptors (Lipinski definition) is 7. The predicted octanol–water partition coefficient (Wildman–Crippen LogP) is 0.531. The summed E-state index contributed by atoms with van der Waals surface area (Å²) < 4.78 is 39.5. The third-order valence-corrected chi connectivity index (χ3v) is 7.02. The second kappa shape index (κ2) is 6.60. The molecule has 3 atom stereocenters. The van der Waals surface area contributed by atoms with Gasteiger partial charge in [-0.3, -0.25) is 10.1 Å². The van der Waals surface area contributed by atoms with Gasteiger partial charge in [0, 0.05) is 37.3 Å². The average molecular weight is 379 g/mol. The van der Waals surface area contributed by atoms with Crippen LogP contribution in [-0.4, -0.2) is 65.3 Å². The van der Waals surface area contributed by atoms with Crippen molar-refractivity contribution in [2.75, 3.05) is 26.3 Å². The number of piperidine rings is 1. The molecule has 4 heterocycles. The Balaban J connectivity index is 1.58. The van der Waals surface area contributed by atoms with Crippen LogP contribution in [0.5, 0.6) is 5.88 Å². The third-order valence-electron chi connectivity index (χ3n) is 4.92. The van der Waals surface area contributed by atoms with Crippen LogP contribution >= 0.6 is 0 Å². The Morgan fingerprint density at radius 2 is 1.96 bits per heavy atom. The zero-order valence-corrected chi connectivity index (χ0v) is 15.4. The lowest BCUT2D eigenvalue weighted by Crippen LogP contribution is -2.58. The number of aromatic nitrogens is 4. The summed E-state index contributed by atoms with van der Waals surface area (Å²) in [7, 11) is -3.62. The van der Waals surface area contributed by atoms with Gasteiger partial charge in [-0.05, 0) is 13.8 Å². The molecule has 0 aliphatic carbocycles. The minimum atomic E-state index is -3.62. The van der Waals surface area contributed by atoms with Gasteiger partial charge in [0.2, 0.25) is 15.9 Å². The third kappa shape index (κ3) is 2.97. The molecule has 10 heteroatoms. The second-order valence-corrected chi connectivity index (χ2v) is 8.64. The Hall–Kier alpha value is -2.04. The summed E-state index contributed by atoms with van der Waals surface area (Å²) in [5.74, 6) is 0.325. The molecule has 4 rings (SSSR count). The summed E-state index contributed by atoms with van der Waals surface area (Å²) in [5.41, 5.74) is 1.05. The van der Waals surface area contributed by atoms with E-state index in [0.29, 0.717) is 43.6 Å². The first-order valence-corrected chi connectivity index (χ1v) is 9.93.